The van der Waals surface area contributed by atoms with Crippen LogP contribution in [0.4, 0.5) is 5.95 Å². The molecule has 1 aromatic carbocycles. The summed E-state index contributed by atoms with van der Waals surface area (Å²) in [6, 6.07) is 8.57. The molecule has 0 saturated heterocycles. The van der Waals surface area contributed by atoms with Gasteiger partial charge in [0.1, 0.15) is 0 Å². The minimum atomic E-state index is 0.560. The van der Waals surface area contributed by atoms with Crippen LogP contribution in [0.5, 0.6) is 0 Å². The summed E-state index contributed by atoms with van der Waals surface area (Å²) >= 11 is 0. The Morgan fingerprint density at radius 3 is 2.83 bits per heavy atom. The Kier molecular flexibility index (Phi) is 4.10. The highest BCUT2D eigenvalue weighted by Crippen LogP contribution is 2.11. The molecule has 2 rings (SSSR count). The SMILES string of the molecule is CC(C)N(C)CCNc1ncc2ccccc2n1. The zero-order valence-electron chi connectivity index (χ0n) is 11.2. The van der Waals surface area contributed by atoms with Crippen LogP contribution < -0.4 is 5.32 Å². The molecular weight excluding hydrogens is 224 g/mol. The van der Waals surface area contributed by atoms with Crippen LogP contribution in [0.3, 0.4) is 0 Å². The topological polar surface area (TPSA) is 41.0 Å². The van der Waals surface area contributed by atoms with Gasteiger partial charge in [-0.25, -0.2) is 9.97 Å². The van der Waals surface area contributed by atoms with E-state index in [4.69, 9.17) is 0 Å². The standard InChI is InChI=1S/C14H20N4/c1-11(2)18(3)9-8-15-14-16-10-12-6-4-5-7-13(12)17-14/h4-7,10-11H,8-9H2,1-3H3,(H,15,16,17). The minimum Gasteiger partial charge on any atom is -0.353 e. The van der Waals surface area contributed by atoms with Crippen molar-refractivity contribution in [3.8, 4) is 0 Å². The predicted octanol–water partition coefficient (Wildman–Crippen LogP) is 2.38. The maximum Gasteiger partial charge on any atom is 0.223 e. The number of likely N-dealkylation sites (N-methyl/N-ethyl adjacent to an activating group) is 1. The van der Waals surface area contributed by atoms with E-state index in [1.807, 2.05) is 30.5 Å². The van der Waals surface area contributed by atoms with E-state index in [2.05, 4.69) is 41.1 Å². The number of anilines is 1. The molecule has 0 bridgehead atoms. The minimum absolute atomic E-state index is 0.560. The molecule has 96 valence electrons. The first-order valence-electron chi connectivity index (χ1n) is 6.32. The van der Waals surface area contributed by atoms with E-state index >= 15 is 0 Å². The van der Waals surface area contributed by atoms with E-state index < -0.39 is 0 Å². The Balaban J connectivity index is 1.96. The van der Waals surface area contributed by atoms with Crippen LogP contribution in [0.2, 0.25) is 0 Å². The van der Waals surface area contributed by atoms with Gasteiger partial charge in [0.15, 0.2) is 0 Å². The van der Waals surface area contributed by atoms with Crippen molar-refractivity contribution in [3.05, 3.63) is 30.5 Å². The summed E-state index contributed by atoms with van der Waals surface area (Å²) in [5.41, 5.74) is 0.979. The number of hydrogen-bond acceptors (Lipinski definition) is 4. The molecule has 1 aromatic heterocycles. The second-order valence-corrected chi connectivity index (χ2v) is 4.75. The molecule has 0 spiro atoms. The molecule has 1 N–H and O–H groups in total. The molecule has 0 saturated carbocycles. The van der Waals surface area contributed by atoms with Crippen LogP contribution in [-0.2, 0) is 0 Å². The Labute approximate surface area is 108 Å². The number of benzene rings is 1. The summed E-state index contributed by atoms with van der Waals surface area (Å²) in [7, 11) is 2.12. The Bertz CT molecular complexity index is 510. The van der Waals surface area contributed by atoms with Crippen molar-refractivity contribution in [1.82, 2.24) is 14.9 Å². The van der Waals surface area contributed by atoms with E-state index in [9.17, 15) is 0 Å². The molecule has 0 aliphatic carbocycles. The van der Waals surface area contributed by atoms with Crippen molar-refractivity contribution in [3.63, 3.8) is 0 Å². The lowest BCUT2D eigenvalue weighted by atomic mass is 10.2. The first kappa shape index (κ1) is 12.8. The molecule has 0 unspecified atom stereocenters. The van der Waals surface area contributed by atoms with Crippen LogP contribution in [-0.4, -0.2) is 41.0 Å². The van der Waals surface area contributed by atoms with E-state index in [1.54, 1.807) is 0 Å². The zero-order chi connectivity index (χ0) is 13.0. The van der Waals surface area contributed by atoms with Crippen LogP contribution in [0.1, 0.15) is 13.8 Å². The monoisotopic (exact) mass is 244 g/mol. The lowest BCUT2D eigenvalue weighted by Gasteiger charge is -2.20. The first-order chi connectivity index (χ1) is 8.66. The van der Waals surface area contributed by atoms with Crippen molar-refractivity contribution in [2.45, 2.75) is 19.9 Å². The highest BCUT2D eigenvalue weighted by atomic mass is 15.2. The van der Waals surface area contributed by atoms with Crippen LogP contribution in [0.15, 0.2) is 30.5 Å². The Morgan fingerprint density at radius 2 is 2.06 bits per heavy atom. The third-order valence-electron chi connectivity index (χ3n) is 3.12. The molecule has 0 aliphatic rings. The average molecular weight is 244 g/mol. The van der Waals surface area contributed by atoms with Gasteiger partial charge in [0, 0.05) is 30.7 Å². The molecule has 1 heterocycles. The summed E-state index contributed by atoms with van der Waals surface area (Å²) < 4.78 is 0. The van der Waals surface area contributed by atoms with E-state index in [-0.39, 0.29) is 0 Å². The van der Waals surface area contributed by atoms with Crippen LogP contribution in [0.25, 0.3) is 10.9 Å². The molecule has 0 aliphatic heterocycles. The summed E-state index contributed by atoms with van der Waals surface area (Å²) in [5, 5.41) is 4.33. The molecule has 0 atom stereocenters. The molecule has 0 fully saturated rings. The zero-order valence-corrected chi connectivity index (χ0v) is 11.2. The molecular formula is C14H20N4. The maximum atomic E-state index is 4.48. The van der Waals surface area contributed by atoms with Gasteiger partial charge in [-0.3, -0.25) is 0 Å². The smallest absolute Gasteiger partial charge is 0.223 e. The van der Waals surface area contributed by atoms with Gasteiger partial charge in [0.05, 0.1) is 5.52 Å². The third kappa shape index (κ3) is 3.17. The summed E-state index contributed by atoms with van der Waals surface area (Å²) in [4.78, 5) is 11.1. The number of aromatic nitrogens is 2. The van der Waals surface area contributed by atoms with Gasteiger partial charge in [0.25, 0.3) is 0 Å². The second-order valence-electron chi connectivity index (χ2n) is 4.75. The average Bonchev–Trinajstić information content (AvgIpc) is 2.38. The normalized spacial score (nSPS) is 11.4. The van der Waals surface area contributed by atoms with Crippen molar-refractivity contribution < 1.29 is 0 Å². The number of nitrogens with one attached hydrogen (secondary N) is 1. The molecule has 4 nitrogen and oxygen atoms in total. The molecule has 18 heavy (non-hydrogen) atoms. The number of fused-ring (bicyclic) bond motifs is 1. The number of hydrogen-bond donors (Lipinski definition) is 1. The fourth-order valence-corrected chi connectivity index (χ4v) is 1.66. The van der Waals surface area contributed by atoms with Gasteiger partial charge in [-0.05, 0) is 27.0 Å². The van der Waals surface area contributed by atoms with Crippen LogP contribution >= 0.6 is 0 Å². The third-order valence-corrected chi connectivity index (χ3v) is 3.12. The fraction of sp³-hybridized carbons (Fsp3) is 0.429. The Hall–Kier alpha value is -1.68. The van der Waals surface area contributed by atoms with E-state index in [0.29, 0.717) is 12.0 Å². The van der Waals surface area contributed by atoms with E-state index in [1.165, 1.54) is 0 Å². The Morgan fingerprint density at radius 1 is 1.28 bits per heavy atom. The van der Waals surface area contributed by atoms with Crippen LogP contribution in [0, 0.1) is 0 Å². The highest BCUT2D eigenvalue weighted by molar-refractivity contribution is 5.78. The summed E-state index contributed by atoms with van der Waals surface area (Å²) in [6.45, 7) is 6.21. The predicted molar refractivity (Wildman–Crippen MR) is 75.8 cm³/mol. The van der Waals surface area contributed by atoms with Gasteiger partial charge in [-0.2, -0.15) is 0 Å². The van der Waals surface area contributed by atoms with Crippen molar-refractivity contribution in [1.29, 1.82) is 0 Å². The summed E-state index contributed by atoms with van der Waals surface area (Å²) in [6.07, 6.45) is 1.86. The molecule has 0 amide bonds. The van der Waals surface area contributed by atoms with Gasteiger partial charge in [0.2, 0.25) is 5.95 Å². The van der Waals surface area contributed by atoms with Gasteiger partial charge in [-0.1, -0.05) is 18.2 Å². The maximum absolute atomic E-state index is 4.48. The van der Waals surface area contributed by atoms with Crippen molar-refractivity contribution in [2.24, 2.45) is 0 Å². The van der Waals surface area contributed by atoms with Gasteiger partial charge < -0.3 is 10.2 Å². The lowest BCUT2D eigenvalue weighted by Crippen LogP contribution is -2.31. The highest BCUT2D eigenvalue weighted by Gasteiger charge is 2.03. The fourth-order valence-electron chi connectivity index (χ4n) is 1.66. The second kappa shape index (κ2) is 5.78. The van der Waals surface area contributed by atoms with Gasteiger partial charge >= 0.3 is 0 Å². The molecule has 0 radical (unpaired) electrons. The quantitative estimate of drug-likeness (QED) is 0.876. The first-order valence-corrected chi connectivity index (χ1v) is 6.32. The molecule has 4 heteroatoms. The van der Waals surface area contributed by atoms with Gasteiger partial charge in [-0.15, -0.1) is 0 Å². The van der Waals surface area contributed by atoms with E-state index in [0.717, 1.165) is 24.0 Å². The lowest BCUT2D eigenvalue weighted by molar-refractivity contribution is 0.284. The number of rotatable bonds is 5. The number of para-hydroxylation sites is 1. The van der Waals surface area contributed by atoms with Crippen molar-refractivity contribution >= 4 is 16.9 Å². The summed E-state index contributed by atoms with van der Waals surface area (Å²) in [5.74, 6) is 0.700. The van der Waals surface area contributed by atoms with Crippen molar-refractivity contribution in [2.75, 3.05) is 25.5 Å². The number of nitrogens with zero attached hydrogens (tertiary/aromatic N) is 3. The molecule has 2 aromatic rings. The largest absolute Gasteiger partial charge is 0.353 e.